The van der Waals surface area contributed by atoms with Gasteiger partial charge in [-0.3, -0.25) is 9.59 Å². The van der Waals surface area contributed by atoms with Gasteiger partial charge in [-0.1, -0.05) is 0 Å². The van der Waals surface area contributed by atoms with E-state index in [1.807, 2.05) is 31.7 Å². The van der Waals surface area contributed by atoms with Crippen molar-refractivity contribution in [1.82, 2.24) is 20.2 Å². The first-order valence-corrected chi connectivity index (χ1v) is 12.4. The molecule has 9 heteroatoms. The number of aliphatic hydroxyl groups is 1. The Kier molecular flexibility index (Phi) is 6.46. The Labute approximate surface area is 198 Å². The quantitative estimate of drug-likeness (QED) is 0.570. The number of hydrogen-bond acceptors (Lipinski definition) is 7. The van der Waals surface area contributed by atoms with Crippen molar-refractivity contribution < 1.29 is 14.7 Å². The normalized spacial score (nSPS) is 19.9. The first-order chi connectivity index (χ1) is 15.5. The largest absolute Gasteiger partial charge is 0.389 e. The first-order valence-electron chi connectivity index (χ1n) is 11.6. The van der Waals surface area contributed by atoms with Crippen LogP contribution in [0, 0.1) is 6.92 Å². The van der Waals surface area contributed by atoms with Crippen LogP contribution in [0.5, 0.6) is 0 Å². The van der Waals surface area contributed by atoms with E-state index >= 15 is 0 Å². The fraction of sp³-hybridized carbons (Fsp3) is 0.583. The fourth-order valence-corrected chi connectivity index (χ4v) is 5.70. The van der Waals surface area contributed by atoms with Crippen LogP contribution in [0.2, 0.25) is 0 Å². The van der Waals surface area contributed by atoms with Gasteiger partial charge in [-0.25, -0.2) is 9.97 Å². The van der Waals surface area contributed by atoms with Gasteiger partial charge in [-0.15, -0.1) is 11.3 Å². The van der Waals surface area contributed by atoms with Gasteiger partial charge in [0.15, 0.2) is 5.01 Å². The van der Waals surface area contributed by atoms with Gasteiger partial charge in [-0.2, -0.15) is 0 Å². The van der Waals surface area contributed by atoms with E-state index in [9.17, 15) is 14.7 Å². The van der Waals surface area contributed by atoms with E-state index in [1.165, 1.54) is 11.3 Å². The maximum Gasteiger partial charge on any atom is 0.280 e. The summed E-state index contributed by atoms with van der Waals surface area (Å²) in [6.45, 7) is 9.42. The number of anilines is 1. The highest BCUT2D eigenvalue weighted by Gasteiger charge is 2.44. The molecule has 178 valence electrons. The Morgan fingerprint density at radius 1 is 1.24 bits per heavy atom. The van der Waals surface area contributed by atoms with E-state index in [1.54, 1.807) is 20.0 Å². The Hall–Kier alpha value is -2.52. The van der Waals surface area contributed by atoms with Crippen LogP contribution in [0.1, 0.15) is 79.2 Å². The molecule has 4 rings (SSSR count). The molecule has 0 saturated carbocycles. The molecule has 2 aromatic heterocycles. The number of aryl methyl sites for hydroxylation is 1. The van der Waals surface area contributed by atoms with Crippen LogP contribution < -0.4 is 10.6 Å². The summed E-state index contributed by atoms with van der Waals surface area (Å²) in [4.78, 5) is 38.2. The van der Waals surface area contributed by atoms with E-state index < -0.39 is 11.5 Å². The van der Waals surface area contributed by atoms with Gasteiger partial charge in [0, 0.05) is 36.4 Å². The number of amides is 2. The molecule has 2 aliphatic heterocycles. The van der Waals surface area contributed by atoms with Crippen molar-refractivity contribution >= 4 is 29.0 Å². The van der Waals surface area contributed by atoms with E-state index in [4.69, 9.17) is 0 Å². The molecule has 4 heterocycles. The molecule has 0 atom stereocenters. The summed E-state index contributed by atoms with van der Waals surface area (Å²) in [6.07, 6.45) is 5.88. The second-order valence-electron chi connectivity index (χ2n) is 10.1. The molecule has 33 heavy (non-hydrogen) atoms. The monoisotopic (exact) mass is 471 g/mol. The van der Waals surface area contributed by atoms with Crippen molar-refractivity contribution in [3.05, 3.63) is 28.5 Å². The molecular weight excluding hydrogens is 438 g/mol. The van der Waals surface area contributed by atoms with Crippen LogP contribution in [-0.2, 0) is 0 Å². The average Bonchev–Trinajstić information content (AvgIpc) is 3.45. The molecule has 2 bridgehead atoms. The topological polar surface area (TPSA) is 107 Å². The Balaban J connectivity index is 1.71. The lowest BCUT2D eigenvalue weighted by Crippen LogP contribution is -2.38. The maximum absolute atomic E-state index is 13.6. The molecule has 2 aromatic rings. The Morgan fingerprint density at radius 3 is 2.42 bits per heavy atom. The highest BCUT2D eigenvalue weighted by Crippen LogP contribution is 2.41. The number of pyridine rings is 1. The third-order valence-electron chi connectivity index (χ3n) is 6.19. The SMILES string of the molecule is Cc1cc(NC(C)C)ncc1-c1sc(C(=O)NCC(C)(C)O)nc1C(=O)N1C2CCC1CC2. The van der Waals surface area contributed by atoms with Gasteiger partial charge >= 0.3 is 0 Å². The lowest BCUT2D eigenvalue weighted by atomic mass is 10.0. The van der Waals surface area contributed by atoms with Gasteiger partial charge in [0.05, 0.1) is 10.5 Å². The van der Waals surface area contributed by atoms with Crippen LogP contribution in [0.4, 0.5) is 5.82 Å². The van der Waals surface area contributed by atoms with Gasteiger partial charge in [0.1, 0.15) is 11.5 Å². The molecule has 0 radical (unpaired) electrons. The molecule has 3 N–H and O–H groups in total. The molecule has 2 amide bonds. The molecule has 8 nitrogen and oxygen atoms in total. The molecule has 0 aliphatic carbocycles. The number of rotatable bonds is 7. The molecule has 2 fully saturated rings. The van der Waals surface area contributed by atoms with Crippen LogP contribution >= 0.6 is 11.3 Å². The van der Waals surface area contributed by atoms with Crippen LogP contribution in [0.25, 0.3) is 10.4 Å². The van der Waals surface area contributed by atoms with Crippen molar-refractivity contribution in [2.24, 2.45) is 0 Å². The second kappa shape index (κ2) is 9.02. The summed E-state index contributed by atoms with van der Waals surface area (Å²) >= 11 is 1.20. The van der Waals surface area contributed by atoms with Crippen molar-refractivity contribution in [1.29, 1.82) is 0 Å². The van der Waals surface area contributed by atoms with Gasteiger partial charge in [0.25, 0.3) is 11.8 Å². The van der Waals surface area contributed by atoms with Crippen LogP contribution in [0.15, 0.2) is 12.3 Å². The number of carbonyl (C=O) groups excluding carboxylic acids is 2. The van der Waals surface area contributed by atoms with E-state index in [-0.39, 0.29) is 35.6 Å². The standard InChI is InChI=1S/C24H33N5O3S/c1-13(2)27-18-10-14(3)17(11-25-18)20-19(23(31)29-15-6-7-16(29)9-8-15)28-22(33-20)21(30)26-12-24(4,5)32/h10-11,13,15-16,32H,6-9,12H2,1-5H3,(H,25,27)(H,26,30). The van der Waals surface area contributed by atoms with E-state index in [0.29, 0.717) is 10.6 Å². The first kappa shape index (κ1) is 23.6. The zero-order chi connectivity index (χ0) is 23.9. The second-order valence-corrected chi connectivity index (χ2v) is 11.0. The number of nitrogens with one attached hydrogen (secondary N) is 2. The van der Waals surface area contributed by atoms with Crippen molar-refractivity contribution in [3.8, 4) is 10.4 Å². The lowest BCUT2D eigenvalue weighted by Gasteiger charge is -2.21. The minimum absolute atomic E-state index is 0.0937. The summed E-state index contributed by atoms with van der Waals surface area (Å²) < 4.78 is 0. The summed E-state index contributed by atoms with van der Waals surface area (Å²) in [5, 5.41) is 16.2. The minimum Gasteiger partial charge on any atom is -0.389 e. The Morgan fingerprint density at radius 2 is 1.88 bits per heavy atom. The van der Waals surface area contributed by atoms with Gasteiger partial charge in [0.2, 0.25) is 0 Å². The van der Waals surface area contributed by atoms with Gasteiger partial charge < -0.3 is 20.6 Å². The minimum atomic E-state index is -1.04. The van der Waals surface area contributed by atoms with Crippen LogP contribution in [-0.4, -0.2) is 62.1 Å². The van der Waals surface area contributed by atoms with Crippen molar-refractivity contribution in [2.75, 3.05) is 11.9 Å². The molecule has 0 unspecified atom stereocenters. The lowest BCUT2D eigenvalue weighted by molar-refractivity contribution is 0.0692. The molecule has 0 aromatic carbocycles. The zero-order valence-electron chi connectivity index (χ0n) is 19.9. The number of carbonyl (C=O) groups is 2. The van der Waals surface area contributed by atoms with Gasteiger partial charge in [-0.05, 0) is 71.9 Å². The summed E-state index contributed by atoms with van der Waals surface area (Å²) in [7, 11) is 0. The maximum atomic E-state index is 13.6. The zero-order valence-corrected chi connectivity index (χ0v) is 20.8. The fourth-order valence-electron chi connectivity index (χ4n) is 4.65. The molecular formula is C24H33N5O3S. The van der Waals surface area contributed by atoms with E-state index in [0.717, 1.165) is 42.6 Å². The number of fused-ring (bicyclic) bond motifs is 2. The number of thiazole rings is 1. The molecule has 2 aliphatic rings. The Bertz CT molecular complexity index is 1040. The summed E-state index contributed by atoms with van der Waals surface area (Å²) in [5.74, 6) is 0.275. The molecule has 0 spiro atoms. The molecule has 2 saturated heterocycles. The number of aromatic nitrogens is 2. The number of hydrogen-bond donors (Lipinski definition) is 3. The third-order valence-corrected chi connectivity index (χ3v) is 7.27. The predicted molar refractivity (Wildman–Crippen MR) is 130 cm³/mol. The van der Waals surface area contributed by atoms with Crippen molar-refractivity contribution in [3.63, 3.8) is 0 Å². The average molecular weight is 472 g/mol. The highest BCUT2D eigenvalue weighted by molar-refractivity contribution is 7.17. The van der Waals surface area contributed by atoms with Crippen molar-refractivity contribution in [2.45, 2.75) is 84.0 Å². The number of nitrogens with zero attached hydrogens (tertiary/aromatic N) is 3. The van der Waals surface area contributed by atoms with Crippen LogP contribution in [0.3, 0.4) is 0 Å². The third kappa shape index (κ3) is 5.04. The summed E-state index contributed by atoms with van der Waals surface area (Å²) in [6, 6.07) is 2.74. The smallest absolute Gasteiger partial charge is 0.280 e. The predicted octanol–water partition coefficient (Wildman–Crippen LogP) is 3.60. The highest BCUT2D eigenvalue weighted by atomic mass is 32.1. The summed E-state index contributed by atoms with van der Waals surface area (Å²) in [5.41, 5.74) is 1.04. The van der Waals surface area contributed by atoms with E-state index in [2.05, 4.69) is 20.6 Å².